The monoisotopic (exact) mass is 366 g/mol. The Kier molecular flexibility index (Phi) is 4.41. The number of carbonyl (C=O) groups excluding carboxylic acids is 1. The minimum absolute atomic E-state index is 0.130. The van der Waals surface area contributed by atoms with Crippen molar-refractivity contribution in [2.24, 2.45) is 0 Å². The van der Waals surface area contributed by atoms with E-state index < -0.39 is 11.7 Å². The molecule has 0 aromatic carbocycles. The predicted molar refractivity (Wildman–Crippen MR) is 73.3 cm³/mol. The summed E-state index contributed by atoms with van der Waals surface area (Å²) in [6, 6.07) is 0. The lowest BCUT2D eigenvalue weighted by Gasteiger charge is -2.21. The first-order valence-electron chi connectivity index (χ1n) is 5.30. The molecule has 0 radical (unpaired) electrons. The smallest absolute Gasteiger partial charge is 0.420 e. The molecule has 4 nitrogen and oxygen atoms in total. The summed E-state index contributed by atoms with van der Waals surface area (Å²) >= 11 is 6.63. The molecule has 0 bridgehead atoms. The van der Waals surface area contributed by atoms with Crippen molar-refractivity contribution in [3.05, 3.63) is 15.0 Å². The Labute approximate surface area is 118 Å². The van der Waals surface area contributed by atoms with Crippen LogP contribution in [0.4, 0.5) is 4.79 Å². The number of nitrogens with zero attached hydrogens (tertiary/aromatic N) is 2. The van der Waals surface area contributed by atoms with Gasteiger partial charge in [0.05, 0.1) is 0 Å². The third kappa shape index (κ3) is 3.55. The maximum Gasteiger partial charge on any atom is 0.420 e. The van der Waals surface area contributed by atoms with Gasteiger partial charge in [-0.25, -0.2) is 14.3 Å². The molecular weight excluding hydrogens is 352 g/mol. The molecule has 0 aliphatic rings. The summed E-state index contributed by atoms with van der Waals surface area (Å²) in [5.74, 6) is 0.795. The van der Waals surface area contributed by atoms with E-state index in [-0.39, 0.29) is 5.92 Å². The first kappa shape index (κ1) is 14.7. The lowest BCUT2D eigenvalue weighted by Crippen LogP contribution is -2.28. The highest BCUT2D eigenvalue weighted by Crippen LogP contribution is 2.28. The van der Waals surface area contributed by atoms with Crippen molar-refractivity contribution < 1.29 is 9.53 Å². The van der Waals surface area contributed by atoms with Crippen LogP contribution in [0.1, 0.15) is 46.4 Å². The third-order valence-corrected chi connectivity index (χ3v) is 3.72. The van der Waals surface area contributed by atoms with Gasteiger partial charge in [0.15, 0.2) is 0 Å². The van der Waals surface area contributed by atoms with Gasteiger partial charge in [-0.05, 0) is 52.6 Å². The summed E-state index contributed by atoms with van der Waals surface area (Å²) in [5.41, 5.74) is -0.526. The molecule has 0 aliphatic carbocycles. The number of carbonyl (C=O) groups is 1. The maximum absolute atomic E-state index is 12.1. The van der Waals surface area contributed by atoms with Crippen molar-refractivity contribution in [1.82, 2.24) is 9.55 Å². The van der Waals surface area contributed by atoms with Crippen molar-refractivity contribution in [1.29, 1.82) is 0 Å². The highest BCUT2D eigenvalue weighted by molar-refractivity contribution is 9.13. The summed E-state index contributed by atoms with van der Waals surface area (Å²) in [5, 5.41) is 0. The number of rotatable bonds is 1. The zero-order valence-corrected chi connectivity index (χ0v) is 13.7. The van der Waals surface area contributed by atoms with Crippen molar-refractivity contribution in [2.75, 3.05) is 0 Å². The fourth-order valence-corrected chi connectivity index (χ4v) is 2.03. The van der Waals surface area contributed by atoms with Crippen molar-refractivity contribution in [3.8, 4) is 0 Å². The Morgan fingerprint density at radius 2 is 1.88 bits per heavy atom. The minimum atomic E-state index is -0.526. The van der Waals surface area contributed by atoms with Gasteiger partial charge in [-0.1, -0.05) is 13.8 Å². The molecule has 0 fully saturated rings. The van der Waals surface area contributed by atoms with Crippen molar-refractivity contribution in [2.45, 2.75) is 46.1 Å². The van der Waals surface area contributed by atoms with E-state index in [0.29, 0.717) is 15.0 Å². The fourth-order valence-electron chi connectivity index (χ4n) is 1.26. The molecule has 0 saturated heterocycles. The zero-order valence-electron chi connectivity index (χ0n) is 10.5. The van der Waals surface area contributed by atoms with E-state index in [1.54, 1.807) is 0 Å². The molecule has 0 aliphatic heterocycles. The van der Waals surface area contributed by atoms with Gasteiger partial charge in [0.2, 0.25) is 0 Å². The van der Waals surface area contributed by atoms with E-state index in [1.807, 2.05) is 34.6 Å². The summed E-state index contributed by atoms with van der Waals surface area (Å²) in [4.78, 5) is 16.4. The quantitative estimate of drug-likeness (QED) is 0.742. The third-order valence-electron chi connectivity index (χ3n) is 1.90. The lowest BCUT2D eigenvalue weighted by atomic mass is 10.2. The van der Waals surface area contributed by atoms with Crippen LogP contribution in [0.5, 0.6) is 0 Å². The number of aromatic nitrogens is 2. The second-order valence-electron chi connectivity index (χ2n) is 5.02. The number of imidazole rings is 1. The molecular formula is C11H16Br2N2O2. The highest BCUT2D eigenvalue weighted by Gasteiger charge is 2.25. The van der Waals surface area contributed by atoms with Gasteiger partial charge in [0.25, 0.3) is 0 Å². The molecule has 1 heterocycles. The number of ether oxygens (including phenoxy) is 1. The van der Waals surface area contributed by atoms with Crippen LogP contribution >= 0.6 is 31.9 Å². The summed E-state index contributed by atoms with van der Waals surface area (Å²) in [6.07, 6.45) is -0.425. The molecule has 0 atom stereocenters. The Bertz CT molecular complexity index is 433. The Hall–Kier alpha value is -0.360. The second kappa shape index (κ2) is 5.10. The topological polar surface area (TPSA) is 44.1 Å². The van der Waals surface area contributed by atoms with E-state index in [0.717, 1.165) is 0 Å². The van der Waals surface area contributed by atoms with Crippen LogP contribution in [0.15, 0.2) is 9.21 Å². The fraction of sp³-hybridized carbons (Fsp3) is 0.636. The van der Waals surface area contributed by atoms with Crippen LogP contribution < -0.4 is 0 Å². The summed E-state index contributed by atoms with van der Waals surface area (Å²) in [7, 11) is 0. The van der Waals surface area contributed by atoms with Gasteiger partial charge in [0, 0.05) is 5.92 Å². The Morgan fingerprint density at radius 1 is 1.35 bits per heavy atom. The number of hydrogen-bond acceptors (Lipinski definition) is 3. The van der Waals surface area contributed by atoms with E-state index in [2.05, 4.69) is 36.8 Å². The van der Waals surface area contributed by atoms with E-state index in [1.165, 1.54) is 4.57 Å². The molecule has 0 saturated carbocycles. The van der Waals surface area contributed by atoms with Crippen LogP contribution in [0, 0.1) is 0 Å². The predicted octanol–water partition coefficient (Wildman–Crippen LogP) is 4.31. The molecule has 0 amide bonds. The number of hydrogen-bond donors (Lipinski definition) is 0. The van der Waals surface area contributed by atoms with Crippen LogP contribution in [-0.4, -0.2) is 21.2 Å². The van der Waals surface area contributed by atoms with Gasteiger partial charge in [-0.15, -0.1) is 0 Å². The van der Waals surface area contributed by atoms with Crippen LogP contribution in [0.3, 0.4) is 0 Å². The molecule has 0 spiro atoms. The maximum atomic E-state index is 12.1. The molecule has 0 unspecified atom stereocenters. The van der Waals surface area contributed by atoms with Gasteiger partial charge >= 0.3 is 6.09 Å². The van der Waals surface area contributed by atoms with Crippen molar-refractivity contribution >= 4 is 38.0 Å². The Balaban J connectivity index is 3.16. The van der Waals surface area contributed by atoms with E-state index >= 15 is 0 Å². The average molecular weight is 368 g/mol. The Morgan fingerprint density at radius 3 is 2.29 bits per heavy atom. The molecule has 1 aromatic rings. The first-order chi connectivity index (χ1) is 7.63. The summed E-state index contributed by atoms with van der Waals surface area (Å²) in [6.45, 7) is 9.45. The van der Waals surface area contributed by atoms with Gasteiger partial charge in [-0.2, -0.15) is 0 Å². The van der Waals surface area contributed by atoms with Crippen LogP contribution in [-0.2, 0) is 4.74 Å². The van der Waals surface area contributed by atoms with E-state index in [4.69, 9.17) is 4.74 Å². The van der Waals surface area contributed by atoms with Gasteiger partial charge < -0.3 is 4.74 Å². The molecule has 1 rings (SSSR count). The first-order valence-corrected chi connectivity index (χ1v) is 6.89. The normalized spacial score (nSPS) is 12.0. The van der Waals surface area contributed by atoms with Crippen LogP contribution in [0.2, 0.25) is 0 Å². The van der Waals surface area contributed by atoms with Gasteiger partial charge in [0.1, 0.15) is 20.6 Å². The molecule has 17 heavy (non-hydrogen) atoms. The lowest BCUT2D eigenvalue weighted by molar-refractivity contribution is 0.0526. The molecule has 0 N–H and O–H groups in total. The van der Waals surface area contributed by atoms with E-state index in [9.17, 15) is 4.79 Å². The van der Waals surface area contributed by atoms with Gasteiger partial charge in [-0.3, -0.25) is 0 Å². The SMILES string of the molecule is CC(C)c1nc(Br)c(Br)n1C(=O)OC(C)(C)C. The minimum Gasteiger partial charge on any atom is -0.443 e. The molecule has 6 heteroatoms. The highest BCUT2D eigenvalue weighted by atomic mass is 79.9. The molecule has 96 valence electrons. The summed E-state index contributed by atoms with van der Waals surface area (Å²) < 4.78 is 7.97. The average Bonchev–Trinajstić information content (AvgIpc) is 2.40. The number of halogens is 2. The standard InChI is InChI=1S/C11H16Br2N2O2/c1-6(2)9-14-7(12)8(13)15(9)10(16)17-11(3,4)5/h6H,1-5H3. The molecule has 1 aromatic heterocycles. The van der Waals surface area contributed by atoms with Crippen molar-refractivity contribution in [3.63, 3.8) is 0 Å². The van der Waals surface area contributed by atoms with Crippen LogP contribution in [0.25, 0.3) is 0 Å². The zero-order chi connectivity index (χ0) is 13.4. The largest absolute Gasteiger partial charge is 0.443 e. The second-order valence-corrected chi connectivity index (χ2v) is 6.52.